The van der Waals surface area contributed by atoms with Gasteiger partial charge in [0.05, 0.1) is 12.8 Å². The summed E-state index contributed by atoms with van der Waals surface area (Å²) in [6.45, 7) is 2.28. The van der Waals surface area contributed by atoms with Gasteiger partial charge in [0.15, 0.2) is 0 Å². The number of fused-ring (bicyclic) bond motifs is 1. The number of hydrogen-bond acceptors (Lipinski definition) is 3. The molecule has 1 atom stereocenters. The maximum atomic E-state index is 13.3. The van der Waals surface area contributed by atoms with Gasteiger partial charge < -0.3 is 9.84 Å². The lowest BCUT2D eigenvalue weighted by Crippen LogP contribution is -2.26. The largest absolute Gasteiger partial charge is 0.493 e. The van der Waals surface area contributed by atoms with Crippen LogP contribution < -0.4 is 4.74 Å². The van der Waals surface area contributed by atoms with Crippen LogP contribution in [0, 0.1) is 5.82 Å². The topological polar surface area (TPSA) is 42.4 Å². The lowest BCUT2D eigenvalue weighted by Gasteiger charge is -2.29. The van der Waals surface area contributed by atoms with E-state index in [1.54, 1.807) is 6.92 Å². The summed E-state index contributed by atoms with van der Waals surface area (Å²) < 4.78 is 19.1. The Kier molecular flexibility index (Phi) is 3.18. The zero-order valence-corrected chi connectivity index (χ0v) is 11.3. The maximum absolute atomic E-state index is 13.3. The monoisotopic (exact) mass is 273 g/mol. The number of halogens is 1. The van der Waals surface area contributed by atoms with Crippen LogP contribution in [0.3, 0.4) is 0 Å². The van der Waals surface area contributed by atoms with E-state index in [1.165, 1.54) is 12.3 Å². The molecule has 2 aromatic rings. The first-order chi connectivity index (χ1) is 9.59. The first kappa shape index (κ1) is 13.1. The van der Waals surface area contributed by atoms with Crippen molar-refractivity contribution in [3.05, 3.63) is 59.2 Å². The van der Waals surface area contributed by atoms with Crippen LogP contribution in [-0.2, 0) is 12.0 Å². The van der Waals surface area contributed by atoms with Crippen molar-refractivity contribution in [2.75, 3.05) is 6.61 Å². The Morgan fingerprint density at radius 1 is 1.35 bits per heavy atom. The van der Waals surface area contributed by atoms with Gasteiger partial charge in [0.1, 0.15) is 17.2 Å². The standard InChI is InChI=1S/C16H16FNO2/c1-16(19,12-8-13(17)10-18-9-12)14-6-2-4-11-5-3-7-20-15(11)14/h2,4,6,8-10,19H,3,5,7H2,1H3. The molecule has 0 aliphatic carbocycles. The van der Waals surface area contributed by atoms with Crippen molar-refractivity contribution in [2.24, 2.45) is 0 Å². The molecule has 3 rings (SSSR count). The fourth-order valence-corrected chi connectivity index (χ4v) is 2.61. The Bertz CT molecular complexity index is 640. The molecule has 0 bridgehead atoms. The number of rotatable bonds is 2. The molecular formula is C16H16FNO2. The van der Waals surface area contributed by atoms with Gasteiger partial charge in [-0.3, -0.25) is 4.98 Å². The van der Waals surface area contributed by atoms with Gasteiger partial charge in [0.25, 0.3) is 0 Å². The molecule has 0 saturated heterocycles. The quantitative estimate of drug-likeness (QED) is 0.915. The average molecular weight is 273 g/mol. The second-order valence-electron chi connectivity index (χ2n) is 5.21. The molecule has 2 heterocycles. The lowest BCUT2D eigenvalue weighted by molar-refractivity contribution is 0.0960. The third-order valence-corrected chi connectivity index (χ3v) is 3.72. The van der Waals surface area contributed by atoms with Crippen molar-refractivity contribution in [1.29, 1.82) is 0 Å². The predicted molar refractivity (Wildman–Crippen MR) is 73.1 cm³/mol. The van der Waals surface area contributed by atoms with E-state index in [0.29, 0.717) is 23.5 Å². The van der Waals surface area contributed by atoms with Crippen LogP contribution in [0.2, 0.25) is 0 Å². The summed E-state index contributed by atoms with van der Waals surface area (Å²) in [4.78, 5) is 3.81. The highest BCUT2D eigenvalue weighted by molar-refractivity contribution is 5.49. The summed E-state index contributed by atoms with van der Waals surface area (Å²) in [7, 11) is 0. The fraction of sp³-hybridized carbons (Fsp3) is 0.312. The van der Waals surface area contributed by atoms with Crippen molar-refractivity contribution in [3.63, 3.8) is 0 Å². The number of aryl methyl sites for hydroxylation is 1. The number of ether oxygens (including phenoxy) is 1. The number of pyridine rings is 1. The predicted octanol–water partition coefficient (Wildman–Crippen LogP) is 2.80. The molecule has 1 N–H and O–H groups in total. The molecule has 0 fully saturated rings. The molecule has 1 aliphatic rings. The molecule has 104 valence electrons. The van der Waals surface area contributed by atoms with Gasteiger partial charge in [-0.25, -0.2) is 4.39 Å². The van der Waals surface area contributed by atoms with Crippen LogP contribution in [0.25, 0.3) is 0 Å². The number of para-hydroxylation sites is 1. The second kappa shape index (κ2) is 4.87. The van der Waals surface area contributed by atoms with Crippen molar-refractivity contribution >= 4 is 0 Å². The van der Waals surface area contributed by atoms with Gasteiger partial charge in [0.2, 0.25) is 0 Å². The normalized spacial score (nSPS) is 16.9. The van der Waals surface area contributed by atoms with Crippen molar-refractivity contribution < 1.29 is 14.2 Å². The SMILES string of the molecule is CC(O)(c1cncc(F)c1)c1cccc2c1OCCC2. The highest BCUT2D eigenvalue weighted by Crippen LogP contribution is 2.39. The lowest BCUT2D eigenvalue weighted by atomic mass is 9.86. The Labute approximate surface area is 117 Å². The molecule has 3 nitrogen and oxygen atoms in total. The minimum absolute atomic E-state index is 0.417. The zero-order valence-electron chi connectivity index (χ0n) is 11.3. The molecule has 0 amide bonds. The number of hydrogen-bond donors (Lipinski definition) is 1. The number of aliphatic hydroxyl groups is 1. The minimum Gasteiger partial charge on any atom is -0.493 e. The van der Waals surface area contributed by atoms with Crippen LogP contribution in [-0.4, -0.2) is 16.7 Å². The van der Waals surface area contributed by atoms with Crippen molar-refractivity contribution in [3.8, 4) is 5.75 Å². The Morgan fingerprint density at radius 2 is 2.20 bits per heavy atom. The van der Waals surface area contributed by atoms with Crippen LogP contribution in [0.15, 0.2) is 36.7 Å². The average Bonchev–Trinajstić information content (AvgIpc) is 2.46. The second-order valence-corrected chi connectivity index (χ2v) is 5.21. The summed E-state index contributed by atoms with van der Waals surface area (Å²) in [5, 5.41) is 10.9. The van der Waals surface area contributed by atoms with E-state index in [-0.39, 0.29) is 0 Å². The highest BCUT2D eigenvalue weighted by Gasteiger charge is 2.31. The molecule has 1 aromatic heterocycles. The van der Waals surface area contributed by atoms with Gasteiger partial charge in [-0.2, -0.15) is 0 Å². The van der Waals surface area contributed by atoms with E-state index < -0.39 is 11.4 Å². The van der Waals surface area contributed by atoms with Gasteiger partial charge in [-0.05, 0) is 31.4 Å². The Hall–Kier alpha value is -1.94. The van der Waals surface area contributed by atoms with E-state index >= 15 is 0 Å². The number of aromatic nitrogens is 1. The van der Waals surface area contributed by atoms with Gasteiger partial charge >= 0.3 is 0 Å². The van der Waals surface area contributed by atoms with E-state index in [4.69, 9.17) is 4.74 Å². The van der Waals surface area contributed by atoms with Gasteiger partial charge in [-0.15, -0.1) is 0 Å². The minimum atomic E-state index is -1.34. The van der Waals surface area contributed by atoms with Crippen LogP contribution >= 0.6 is 0 Å². The van der Waals surface area contributed by atoms with E-state index in [0.717, 1.165) is 24.6 Å². The first-order valence-electron chi connectivity index (χ1n) is 6.67. The third-order valence-electron chi connectivity index (χ3n) is 3.72. The third kappa shape index (κ3) is 2.16. The van der Waals surface area contributed by atoms with E-state index in [2.05, 4.69) is 4.98 Å². The van der Waals surface area contributed by atoms with E-state index in [9.17, 15) is 9.50 Å². The number of benzene rings is 1. The summed E-state index contributed by atoms with van der Waals surface area (Å²) >= 11 is 0. The van der Waals surface area contributed by atoms with Crippen molar-refractivity contribution in [1.82, 2.24) is 4.98 Å². The molecule has 4 heteroatoms. The van der Waals surface area contributed by atoms with Gasteiger partial charge in [-0.1, -0.05) is 18.2 Å². The molecule has 0 saturated carbocycles. The highest BCUT2D eigenvalue weighted by atomic mass is 19.1. The first-order valence-corrected chi connectivity index (χ1v) is 6.67. The molecule has 20 heavy (non-hydrogen) atoms. The molecule has 1 unspecified atom stereocenters. The molecule has 0 radical (unpaired) electrons. The van der Waals surface area contributed by atoms with Crippen LogP contribution in [0.5, 0.6) is 5.75 Å². The Morgan fingerprint density at radius 3 is 3.00 bits per heavy atom. The fourth-order valence-electron chi connectivity index (χ4n) is 2.61. The molecule has 1 aliphatic heterocycles. The molecule has 1 aromatic carbocycles. The van der Waals surface area contributed by atoms with Crippen LogP contribution in [0.4, 0.5) is 4.39 Å². The van der Waals surface area contributed by atoms with E-state index in [1.807, 2.05) is 18.2 Å². The smallest absolute Gasteiger partial charge is 0.141 e. The summed E-state index contributed by atoms with van der Waals surface area (Å²) in [6.07, 6.45) is 4.50. The summed E-state index contributed by atoms with van der Waals surface area (Å²) in [6, 6.07) is 7.01. The summed E-state index contributed by atoms with van der Waals surface area (Å²) in [5.74, 6) is 0.251. The maximum Gasteiger partial charge on any atom is 0.141 e. The Balaban J connectivity index is 2.12. The molecular weight excluding hydrogens is 257 g/mol. The van der Waals surface area contributed by atoms with Crippen LogP contribution in [0.1, 0.15) is 30.0 Å². The number of nitrogens with zero attached hydrogens (tertiary/aromatic N) is 1. The summed E-state index contributed by atoms with van der Waals surface area (Å²) in [5.41, 5.74) is 0.818. The van der Waals surface area contributed by atoms with Crippen molar-refractivity contribution in [2.45, 2.75) is 25.4 Å². The zero-order chi connectivity index (χ0) is 14.2. The van der Waals surface area contributed by atoms with Gasteiger partial charge in [0, 0.05) is 17.3 Å². The molecule has 0 spiro atoms.